The first-order valence-electron chi connectivity index (χ1n) is 10.6. The lowest BCUT2D eigenvalue weighted by Gasteiger charge is -2.21. The predicted octanol–water partition coefficient (Wildman–Crippen LogP) is 4.61. The molecule has 0 aromatic heterocycles. The average molecular weight is 430 g/mol. The number of benzene rings is 2. The molecule has 2 aromatic carbocycles. The molecule has 1 fully saturated rings. The Morgan fingerprint density at radius 1 is 1.13 bits per heavy atom. The summed E-state index contributed by atoms with van der Waals surface area (Å²) >= 11 is 0. The highest BCUT2D eigenvalue weighted by Gasteiger charge is 2.20. The number of ether oxygens (including phenoxy) is 2. The molecular weight excluding hydrogens is 398 g/mol. The highest BCUT2D eigenvalue weighted by Crippen LogP contribution is 2.19. The van der Waals surface area contributed by atoms with Crippen molar-refractivity contribution in [3.05, 3.63) is 59.7 Å². The minimum atomic E-state index is -0.910. The molecule has 0 aliphatic carbocycles. The number of anilines is 1. The van der Waals surface area contributed by atoms with Gasteiger partial charge in [-0.25, -0.2) is 0 Å². The maximum Gasteiger partial charge on any atom is 0.224 e. The van der Waals surface area contributed by atoms with Crippen molar-refractivity contribution in [2.45, 2.75) is 50.0 Å². The Balaban J connectivity index is 1.37. The normalized spacial score (nSPS) is 15.5. The van der Waals surface area contributed by atoms with E-state index in [-0.39, 0.29) is 11.2 Å². The van der Waals surface area contributed by atoms with Crippen LogP contribution in [0.5, 0.6) is 5.75 Å². The van der Waals surface area contributed by atoms with E-state index in [1.54, 1.807) is 0 Å². The molecule has 0 saturated carbocycles. The van der Waals surface area contributed by atoms with Crippen LogP contribution >= 0.6 is 0 Å². The second-order valence-corrected chi connectivity index (χ2v) is 9.42. The first-order chi connectivity index (χ1) is 14.6. The molecule has 162 valence electrons. The third-order valence-corrected chi connectivity index (χ3v) is 6.95. The van der Waals surface area contributed by atoms with Crippen LogP contribution in [-0.2, 0) is 26.1 Å². The molecule has 1 unspecified atom stereocenters. The monoisotopic (exact) mass is 429 g/mol. The Morgan fingerprint density at radius 3 is 2.73 bits per heavy atom. The molecular formula is C24H31NO4S. The van der Waals surface area contributed by atoms with Crippen LogP contribution in [0.4, 0.5) is 5.69 Å². The Morgan fingerprint density at radius 2 is 1.93 bits per heavy atom. The van der Waals surface area contributed by atoms with Crippen molar-refractivity contribution in [3.63, 3.8) is 0 Å². The fourth-order valence-electron chi connectivity index (χ4n) is 3.47. The van der Waals surface area contributed by atoms with Gasteiger partial charge < -0.3 is 14.8 Å². The number of unbranched alkanes of at least 4 members (excludes halogenated alkanes) is 1. The minimum absolute atomic E-state index is 0.00624. The molecule has 6 heteroatoms. The lowest BCUT2D eigenvalue weighted by molar-refractivity contribution is -0.116. The summed E-state index contributed by atoms with van der Waals surface area (Å²) < 4.78 is 23.7. The van der Waals surface area contributed by atoms with E-state index in [2.05, 4.69) is 5.32 Å². The first kappa shape index (κ1) is 22.5. The van der Waals surface area contributed by atoms with Gasteiger partial charge in [0.2, 0.25) is 5.91 Å². The highest BCUT2D eigenvalue weighted by atomic mass is 32.2. The maximum atomic E-state index is 12.6. The topological polar surface area (TPSA) is 64.6 Å². The molecule has 0 bridgehead atoms. The molecule has 1 aliphatic rings. The minimum Gasteiger partial charge on any atom is -0.494 e. The number of nitrogens with one attached hydrogen (secondary N) is 1. The van der Waals surface area contributed by atoms with Crippen LogP contribution in [0.2, 0.25) is 0 Å². The SMILES string of the molecule is Cc1cccc(OCCCCC(=O)Nc2cccc(CS(=O)C3CCOCC3)c2)c1. The van der Waals surface area contributed by atoms with Gasteiger partial charge in [-0.05, 0) is 68.0 Å². The summed E-state index contributed by atoms with van der Waals surface area (Å²) in [5.74, 6) is 1.38. The van der Waals surface area contributed by atoms with Gasteiger partial charge in [0.1, 0.15) is 5.75 Å². The fourth-order valence-corrected chi connectivity index (χ4v) is 4.93. The van der Waals surface area contributed by atoms with E-state index in [1.807, 2.05) is 55.5 Å². The zero-order valence-electron chi connectivity index (χ0n) is 17.6. The van der Waals surface area contributed by atoms with Crippen LogP contribution in [0.25, 0.3) is 0 Å². The number of carbonyl (C=O) groups is 1. The van der Waals surface area contributed by atoms with Crippen molar-refractivity contribution in [1.82, 2.24) is 0 Å². The van der Waals surface area contributed by atoms with Crippen molar-refractivity contribution < 1.29 is 18.5 Å². The summed E-state index contributed by atoms with van der Waals surface area (Å²) in [4.78, 5) is 12.2. The van der Waals surface area contributed by atoms with Crippen LogP contribution in [0, 0.1) is 6.92 Å². The molecule has 0 radical (unpaired) electrons. The number of rotatable bonds is 10. The van der Waals surface area contributed by atoms with Crippen molar-refractivity contribution >= 4 is 22.4 Å². The lowest BCUT2D eigenvalue weighted by atomic mass is 10.2. The largest absolute Gasteiger partial charge is 0.494 e. The quantitative estimate of drug-likeness (QED) is 0.560. The van der Waals surface area contributed by atoms with E-state index < -0.39 is 10.8 Å². The van der Waals surface area contributed by atoms with Gasteiger partial charge in [-0.1, -0.05) is 24.3 Å². The summed E-state index contributed by atoms with van der Waals surface area (Å²) in [6.07, 6.45) is 3.76. The van der Waals surface area contributed by atoms with Crippen molar-refractivity contribution in [2.75, 3.05) is 25.1 Å². The highest BCUT2D eigenvalue weighted by molar-refractivity contribution is 7.84. The standard InChI is InChI=1S/C24H31NO4S/c1-19-6-4-9-22(16-19)29-13-3-2-10-24(26)25-21-8-5-7-20(17-21)18-30(27)23-11-14-28-15-12-23/h4-9,16-17,23H,2-3,10-15,18H2,1H3,(H,25,26). The molecule has 1 N–H and O–H groups in total. The molecule has 1 atom stereocenters. The van der Waals surface area contributed by atoms with E-state index >= 15 is 0 Å². The van der Waals surface area contributed by atoms with E-state index in [1.165, 1.54) is 5.56 Å². The third kappa shape index (κ3) is 7.58. The molecule has 2 aromatic rings. The van der Waals surface area contributed by atoms with Gasteiger partial charge in [0, 0.05) is 47.1 Å². The number of aryl methyl sites for hydroxylation is 1. The number of hydrogen-bond donors (Lipinski definition) is 1. The summed E-state index contributed by atoms with van der Waals surface area (Å²) in [7, 11) is -0.910. The van der Waals surface area contributed by atoms with Crippen molar-refractivity contribution in [1.29, 1.82) is 0 Å². The number of amides is 1. The van der Waals surface area contributed by atoms with Gasteiger partial charge in [0.05, 0.1) is 6.61 Å². The molecule has 30 heavy (non-hydrogen) atoms. The van der Waals surface area contributed by atoms with Crippen molar-refractivity contribution in [3.8, 4) is 5.75 Å². The first-order valence-corrected chi connectivity index (χ1v) is 12.0. The Hall–Kier alpha value is -2.18. The summed E-state index contributed by atoms with van der Waals surface area (Å²) in [5.41, 5.74) is 2.92. The van der Waals surface area contributed by atoms with E-state index in [0.29, 0.717) is 32.0 Å². The Labute approximate surface area is 181 Å². The second-order valence-electron chi connectivity index (χ2n) is 7.71. The van der Waals surface area contributed by atoms with Gasteiger partial charge >= 0.3 is 0 Å². The zero-order chi connectivity index (χ0) is 21.2. The van der Waals surface area contributed by atoms with Gasteiger partial charge in [-0.2, -0.15) is 0 Å². The zero-order valence-corrected chi connectivity index (χ0v) is 18.4. The van der Waals surface area contributed by atoms with E-state index in [0.717, 1.165) is 42.7 Å². The average Bonchev–Trinajstić information content (AvgIpc) is 2.74. The van der Waals surface area contributed by atoms with Crippen LogP contribution in [0.15, 0.2) is 48.5 Å². The Kier molecular flexibility index (Phi) is 8.90. The molecule has 5 nitrogen and oxygen atoms in total. The summed E-state index contributed by atoms with van der Waals surface area (Å²) in [6, 6.07) is 15.6. The van der Waals surface area contributed by atoms with Crippen molar-refractivity contribution in [2.24, 2.45) is 0 Å². The number of hydrogen-bond acceptors (Lipinski definition) is 4. The van der Waals surface area contributed by atoms with Crippen LogP contribution < -0.4 is 10.1 Å². The van der Waals surface area contributed by atoms with Crippen LogP contribution in [0.1, 0.15) is 43.2 Å². The predicted molar refractivity (Wildman–Crippen MR) is 121 cm³/mol. The van der Waals surface area contributed by atoms with E-state index in [9.17, 15) is 9.00 Å². The van der Waals surface area contributed by atoms with Gasteiger partial charge in [-0.15, -0.1) is 0 Å². The maximum absolute atomic E-state index is 12.6. The molecule has 1 saturated heterocycles. The smallest absolute Gasteiger partial charge is 0.224 e. The second kappa shape index (κ2) is 11.9. The molecule has 1 heterocycles. The van der Waals surface area contributed by atoms with Crippen LogP contribution in [-0.4, -0.2) is 35.2 Å². The third-order valence-electron chi connectivity index (χ3n) is 5.12. The van der Waals surface area contributed by atoms with Crippen LogP contribution in [0.3, 0.4) is 0 Å². The molecule has 0 spiro atoms. The van der Waals surface area contributed by atoms with E-state index in [4.69, 9.17) is 9.47 Å². The molecule has 1 amide bonds. The summed E-state index contributed by atoms with van der Waals surface area (Å²) in [6.45, 7) is 4.03. The molecule has 1 aliphatic heterocycles. The number of carbonyl (C=O) groups excluding carboxylic acids is 1. The van der Waals surface area contributed by atoms with Gasteiger partial charge in [-0.3, -0.25) is 9.00 Å². The Bertz CT molecular complexity index is 849. The molecule has 3 rings (SSSR count). The summed E-state index contributed by atoms with van der Waals surface area (Å²) in [5, 5.41) is 3.16. The van der Waals surface area contributed by atoms with Gasteiger partial charge in [0.15, 0.2) is 0 Å². The lowest BCUT2D eigenvalue weighted by Crippen LogP contribution is -2.25. The van der Waals surface area contributed by atoms with Gasteiger partial charge in [0.25, 0.3) is 0 Å². The fraction of sp³-hybridized carbons (Fsp3) is 0.458.